The van der Waals surface area contributed by atoms with Crippen LogP contribution >= 0.6 is 0 Å². The first-order valence-electron chi connectivity index (χ1n) is 11.8. The largest absolute Gasteiger partial charge is 0.379 e. The molecule has 0 bridgehead atoms. The molecule has 1 amide bonds. The molecule has 35 heavy (non-hydrogen) atoms. The normalized spacial score (nSPS) is 20.5. The quantitative estimate of drug-likeness (QED) is 0.429. The van der Waals surface area contributed by atoms with Crippen molar-refractivity contribution in [3.63, 3.8) is 0 Å². The molecule has 5 rings (SSSR count). The molecule has 0 saturated heterocycles. The van der Waals surface area contributed by atoms with E-state index in [1.165, 1.54) is 29.2 Å². The molecule has 2 aliphatic rings. The van der Waals surface area contributed by atoms with Crippen molar-refractivity contribution in [1.82, 2.24) is 19.6 Å². The highest BCUT2D eigenvalue weighted by molar-refractivity contribution is 7.90. The Balaban J connectivity index is 1.37. The first-order valence-corrected chi connectivity index (χ1v) is 13.8. The number of rotatable bonds is 8. The monoisotopic (exact) mass is 501 g/mol. The molecule has 2 saturated carbocycles. The van der Waals surface area contributed by atoms with Gasteiger partial charge in [-0.05, 0) is 50.5 Å². The first-order chi connectivity index (χ1) is 16.7. The fourth-order valence-electron chi connectivity index (χ4n) is 4.52. The van der Waals surface area contributed by atoms with Gasteiger partial charge in [-0.25, -0.2) is 22.3 Å². The topological polar surface area (TPSA) is 130 Å². The number of halogens is 1. The number of fused-ring (bicyclic) bond motifs is 1. The van der Waals surface area contributed by atoms with Crippen molar-refractivity contribution in [3.8, 4) is 0 Å². The Labute approximate surface area is 202 Å². The smallest absolute Gasteiger partial charge is 0.276 e. The van der Waals surface area contributed by atoms with E-state index in [0.717, 1.165) is 50.4 Å². The molecule has 3 N–H and O–H groups in total. The SMILES string of the molecule is CS(=O)(=O)CC1CCC(Nc2cc(NC3CC3)c3ncc(C(=O)Nc4ccncc4F)n3n2)CC1. The first kappa shape index (κ1) is 23.5. The number of nitrogens with zero attached hydrogens (tertiary/aromatic N) is 4. The summed E-state index contributed by atoms with van der Waals surface area (Å²) in [6.45, 7) is 0. The van der Waals surface area contributed by atoms with E-state index in [1.54, 1.807) is 0 Å². The number of nitrogens with one attached hydrogen (secondary N) is 3. The minimum Gasteiger partial charge on any atom is -0.379 e. The number of carbonyl (C=O) groups is 1. The average Bonchev–Trinajstić information content (AvgIpc) is 3.51. The zero-order valence-electron chi connectivity index (χ0n) is 19.4. The van der Waals surface area contributed by atoms with Crippen LogP contribution < -0.4 is 16.0 Å². The summed E-state index contributed by atoms with van der Waals surface area (Å²) in [5.74, 6) is -0.166. The molecule has 0 radical (unpaired) electrons. The second kappa shape index (κ2) is 9.40. The van der Waals surface area contributed by atoms with Crippen LogP contribution in [0.4, 0.5) is 21.6 Å². The van der Waals surface area contributed by atoms with E-state index in [1.807, 2.05) is 6.07 Å². The molecule has 0 aliphatic heterocycles. The highest BCUT2D eigenvalue weighted by Crippen LogP contribution is 2.31. The van der Waals surface area contributed by atoms with Crippen molar-refractivity contribution in [1.29, 1.82) is 0 Å². The van der Waals surface area contributed by atoms with Gasteiger partial charge in [-0.3, -0.25) is 9.78 Å². The van der Waals surface area contributed by atoms with Crippen molar-refractivity contribution >= 4 is 38.6 Å². The number of hydrogen-bond acceptors (Lipinski definition) is 8. The molecule has 0 atom stereocenters. The van der Waals surface area contributed by atoms with Crippen LogP contribution in [-0.2, 0) is 9.84 Å². The molecular formula is C23H28FN7O3S. The predicted octanol–water partition coefficient (Wildman–Crippen LogP) is 3.11. The van der Waals surface area contributed by atoms with Gasteiger partial charge in [0.25, 0.3) is 5.91 Å². The van der Waals surface area contributed by atoms with Crippen LogP contribution in [-0.4, -0.2) is 58.0 Å². The van der Waals surface area contributed by atoms with E-state index in [2.05, 4.69) is 31.0 Å². The van der Waals surface area contributed by atoms with Gasteiger partial charge < -0.3 is 16.0 Å². The van der Waals surface area contributed by atoms with Crippen molar-refractivity contribution < 1.29 is 17.6 Å². The van der Waals surface area contributed by atoms with E-state index < -0.39 is 21.6 Å². The highest BCUT2D eigenvalue weighted by Gasteiger charge is 2.27. The van der Waals surface area contributed by atoms with Gasteiger partial charge in [0.05, 0.1) is 29.5 Å². The summed E-state index contributed by atoms with van der Waals surface area (Å²) in [6, 6.07) is 3.79. The molecule has 3 heterocycles. The summed E-state index contributed by atoms with van der Waals surface area (Å²) in [5.41, 5.74) is 1.48. The molecule has 3 aromatic rings. The Morgan fingerprint density at radius 1 is 1.09 bits per heavy atom. The van der Waals surface area contributed by atoms with Gasteiger partial charge in [0, 0.05) is 30.6 Å². The molecule has 3 aromatic heterocycles. The zero-order chi connectivity index (χ0) is 24.6. The Morgan fingerprint density at radius 2 is 1.80 bits per heavy atom. The van der Waals surface area contributed by atoms with Crippen LogP contribution in [0.15, 0.2) is 30.7 Å². The second-order valence-electron chi connectivity index (χ2n) is 9.50. The summed E-state index contributed by atoms with van der Waals surface area (Å²) >= 11 is 0. The average molecular weight is 502 g/mol. The maximum atomic E-state index is 14.0. The van der Waals surface area contributed by atoms with Crippen molar-refractivity contribution in [2.24, 2.45) is 5.92 Å². The molecule has 0 aromatic carbocycles. The standard InChI is InChI=1S/C23H28FN7O3S/c1-35(33,34)13-14-2-4-16(5-3-14)28-21-10-19(27-15-6-7-15)22-26-12-20(31(22)30-21)23(32)29-18-8-9-25-11-17(18)24/h8-12,14-16,27H,2-7,13H2,1H3,(H,28,30)(H,25,29,32). The van der Waals surface area contributed by atoms with E-state index >= 15 is 0 Å². The van der Waals surface area contributed by atoms with Crippen LogP contribution in [0, 0.1) is 11.7 Å². The fourth-order valence-corrected chi connectivity index (χ4v) is 5.71. The minimum atomic E-state index is -2.98. The lowest BCUT2D eigenvalue weighted by molar-refractivity contribution is 0.102. The summed E-state index contributed by atoms with van der Waals surface area (Å²) in [7, 11) is -2.98. The van der Waals surface area contributed by atoms with Crippen LogP contribution in [0.2, 0.25) is 0 Å². The van der Waals surface area contributed by atoms with E-state index in [-0.39, 0.29) is 29.1 Å². The number of hydrogen-bond donors (Lipinski definition) is 3. The predicted molar refractivity (Wildman–Crippen MR) is 131 cm³/mol. The van der Waals surface area contributed by atoms with Gasteiger partial charge in [0.1, 0.15) is 15.7 Å². The Kier molecular flexibility index (Phi) is 6.30. The number of pyridine rings is 1. The lowest BCUT2D eigenvalue weighted by Crippen LogP contribution is -2.29. The maximum absolute atomic E-state index is 14.0. The molecule has 0 unspecified atom stereocenters. The number of aromatic nitrogens is 4. The van der Waals surface area contributed by atoms with Crippen LogP contribution in [0.3, 0.4) is 0 Å². The lowest BCUT2D eigenvalue weighted by atomic mass is 9.87. The summed E-state index contributed by atoms with van der Waals surface area (Å²) in [5, 5.41) is 14.1. The van der Waals surface area contributed by atoms with Crippen molar-refractivity contribution in [3.05, 3.63) is 42.2 Å². The third-order valence-electron chi connectivity index (χ3n) is 6.40. The van der Waals surface area contributed by atoms with Gasteiger partial charge in [0.2, 0.25) is 0 Å². The van der Waals surface area contributed by atoms with Crippen LogP contribution in [0.1, 0.15) is 49.0 Å². The van der Waals surface area contributed by atoms with Gasteiger partial charge >= 0.3 is 0 Å². The minimum absolute atomic E-state index is 0.0245. The number of anilines is 3. The number of amides is 1. The Bertz CT molecular complexity index is 1350. The molecular weight excluding hydrogens is 473 g/mol. The molecule has 2 aliphatic carbocycles. The van der Waals surface area contributed by atoms with E-state index in [9.17, 15) is 17.6 Å². The summed E-state index contributed by atoms with van der Waals surface area (Å²) in [6.07, 6.45) is 10.6. The number of imidazole rings is 1. The van der Waals surface area contributed by atoms with E-state index in [0.29, 0.717) is 17.5 Å². The van der Waals surface area contributed by atoms with Crippen molar-refractivity contribution in [2.75, 3.05) is 28.0 Å². The molecule has 2 fully saturated rings. The Hall–Kier alpha value is -3.28. The second-order valence-corrected chi connectivity index (χ2v) is 11.7. The lowest BCUT2D eigenvalue weighted by Gasteiger charge is -2.29. The Morgan fingerprint density at radius 3 is 2.49 bits per heavy atom. The van der Waals surface area contributed by atoms with Gasteiger partial charge in [-0.1, -0.05) is 0 Å². The number of sulfone groups is 1. The fraction of sp³-hybridized carbons (Fsp3) is 0.478. The van der Waals surface area contributed by atoms with Gasteiger partial charge in [0.15, 0.2) is 17.2 Å². The van der Waals surface area contributed by atoms with Gasteiger partial charge in [-0.2, -0.15) is 0 Å². The van der Waals surface area contributed by atoms with Crippen LogP contribution in [0.25, 0.3) is 5.65 Å². The molecule has 12 heteroatoms. The maximum Gasteiger partial charge on any atom is 0.276 e. The van der Waals surface area contributed by atoms with Gasteiger partial charge in [-0.15, -0.1) is 5.10 Å². The van der Waals surface area contributed by atoms with Crippen molar-refractivity contribution in [2.45, 2.75) is 50.6 Å². The van der Waals surface area contributed by atoms with E-state index in [4.69, 9.17) is 0 Å². The number of carbonyl (C=O) groups excluding carboxylic acids is 1. The third-order valence-corrected chi connectivity index (χ3v) is 7.47. The van der Waals surface area contributed by atoms with Crippen LogP contribution in [0.5, 0.6) is 0 Å². The zero-order valence-corrected chi connectivity index (χ0v) is 20.2. The molecule has 10 nitrogen and oxygen atoms in total. The molecule has 186 valence electrons. The summed E-state index contributed by atoms with van der Waals surface area (Å²) in [4.78, 5) is 21.0. The summed E-state index contributed by atoms with van der Waals surface area (Å²) < 4.78 is 38.7. The highest BCUT2D eigenvalue weighted by atomic mass is 32.2. The third kappa shape index (κ3) is 5.69. The molecule has 0 spiro atoms.